The van der Waals surface area contributed by atoms with Gasteiger partial charge >= 0.3 is 6.18 Å². The van der Waals surface area contributed by atoms with Gasteiger partial charge < -0.3 is 0 Å². The second-order valence-corrected chi connectivity index (χ2v) is 9.69. The molecule has 0 atom stereocenters. The fourth-order valence-corrected chi connectivity index (χ4v) is 4.93. The molecule has 0 aromatic heterocycles. The smallest absolute Gasteiger partial charge is 0.206 e. The quantitative estimate of drug-likeness (QED) is 0.176. The Hall–Kier alpha value is -2.43. The number of hydrogen-bond acceptors (Lipinski definition) is 0. The van der Waals surface area contributed by atoms with Crippen molar-refractivity contribution in [2.75, 3.05) is 0 Å². The summed E-state index contributed by atoms with van der Waals surface area (Å²) in [5.41, 5.74) is 1.79. The Bertz CT molecular complexity index is 954. The average Bonchev–Trinajstić information content (AvgIpc) is 2.82. The monoisotopic (exact) mass is 490 g/mol. The van der Waals surface area contributed by atoms with E-state index in [-0.39, 0.29) is 11.6 Å². The van der Waals surface area contributed by atoms with Crippen molar-refractivity contribution in [3.05, 3.63) is 76.4 Å². The Morgan fingerprint density at radius 3 is 1.97 bits per heavy atom. The maximum Gasteiger partial charge on any atom is 0.409 e. The Morgan fingerprint density at radius 1 is 0.771 bits per heavy atom. The van der Waals surface area contributed by atoms with Gasteiger partial charge in [0, 0.05) is 11.6 Å². The van der Waals surface area contributed by atoms with Gasteiger partial charge in [-0.15, -0.1) is 0 Å². The van der Waals surface area contributed by atoms with Gasteiger partial charge in [-0.05, 0) is 72.4 Å². The zero-order valence-electron chi connectivity index (χ0n) is 20.4. The lowest BCUT2D eigenvalue weighted by molar-refractivity contribution is -0.0790. The summed E-state index contributed by atoms with van der Waals surface area (Å²) in [6, 6.07) is 10.3. The maximum atomic E-state index is 14.1. The Kier molecular flexibility index (Phi) is 10.1. The average molecular weight is 491 g/mol. The van der Waals surface area contributed by atoms with E-state index in [1.807, 2.05) is 12.1 Å². The van der Waals surface area contributed by atoms with Crippen LogP contribution >= 0.6 is 0 Å². The zero-order valence-corrected chi connectivity index (χ0v) is 20.4. The van der Waals surface area contributed by atoms with Crippen molar-refractivity contribution in [1.29, 1.82) is 0 Å². The number of hydrogen-bond donors (Lipinski definition) is 0. The fourth-order valence-electron chi connectivity index (χ4n) is 4.93. The van der Waals surface area contributed by atoms with Crippen LogP contribution in [0.2, 0.25) is 0 Å². The highest BCUT2D eigenvalue weighted by molar-refractivity contribution is 5.70. The molecule has 0 N–H and O–H groups in total. The molecule has 0 heterocycles. The van der Waals surface area contributed by atoms with Crippen LogP contribution in [0.1, 0.15) is 99.3 Å². The molecule has 0 saturated heterocycles. The van der Waals surface area contributed by atoms with E-state index in [9.17, 15) is 22.0 Å². The Labute approximate surface area is 206 Å². The van der Waals surface area contributed by atoms with Crippen LogP contribution in [0.25, 0.3) is 18.2 Å². The molecule has 0 spiro atoms. The molecule has 1 saturated carbocycles. The van der Waals surface area contributed by atoms with Crippen molar-refractivity contribution in [3.63, 3.8) is 0 Å². The molecule has 0 unspecified atom stereocenters. The third-order valence-electron chi connectivity index (χ3n) is 6.98. The van der Waals surface area contributed by atoms with E-state index < -0.39 is 23.4 Å². The molecule has 0 radical (unpaired) electrons. The Balaban J connectivity index is 1.53. The second kappa shape index (κ2) is 13.0. The lowest BCUT2D eigenvalue weighted by Crippen LogP contribution is -2.13. The zero-order chi connectivity index (χ0) is 25.3. The Morgan fingerprint density at radius 2 is 1.37 bits per heavy atom. The van der Waals surface area contributed by atoms with E-state index in [0.717, 1.165) is 23.6 Å². The minimum absolute atomic E-state index is 0.174. The highest BCUT2D eigenvalue weighted by Gasteiger charge is 2.23. The van der Waals surface area contributed by atoms with Crippen molar-refractivity contribution >= 4 is 18.2 Å². The van der Waals surface area contributed by atoms with Crippen LogP contribution in [0, 0.1) is 17.6 Å². The summed E-state index contributed by atoms with van der Waals surface area (Å²) in [5, 5.41) is 0. The molecule has 1 fully saturated rings. The van der Waals surface area contributed by atoms with Gasteiger partial charge in [-0.2, -0.15) is 13.2 Å². The second-order valence-electron chi connectivity index (χ2n) is 9.69. The molecule has 0 bridgehead atoms. The molecule has 2 aromatic rings. The summed E-state index contributed by atoms with van der Waals surface area (Å²) >= 11 is 0. The summed E-state index contributed by atoms with van der Waals surface area (Å²) in [7, 11) is 0. The number of rotatable bonds is 10. The number of halogens is 5. The molecular formula is C30H35F5. The van der Waals surface area contributed by atoms with Crippen molar-refractivity contribution in [1.82, 2.24) is 0 Å². The van der Waals surface area contributed by atoms with Crippen LogP contribution in [0.5, 0.6) is 0 Å². The van der Waals surface area contributed by atoms with Crippen molar-refractivity contribution in [2.45, 2.75) is 83.2 Å². The molecule has 1 aliphatic rings. The van der Waals surface area contributed by atoms with Crippen LogP contribution in [-0.2, 0) is 0 Å². The predicted octanol–water partition coefficient (Wildman–Crippen LogP) is 10.3. The van der Waals surface area contributed by atoms with Crippen molar-refractivity contribution in [3.8, 4) is 0 Å². The SMILES string of the molecule is CCCCCCCC1CCC(c2ccc(C=Cc3cc(F)c(C=CC(F)(F)F)c(F)c3)cc2)CC1. The molecular weight excluding hydrogens is 455 g/mol. The minimum atomic E-state index is -4.63. The highest BCUT2D eigenvalue weighted by Crippen LogP contribution is 2.38. The third kappa shape index (κ3) is 8.94. The standard InChI is InChI=1S/C30H35F5/c1-2-3-4-5-6-7-22-10-14-25(15-11-22)26-16-12-23(13-17-26)8-9-24-20-28(31)27(29(32)21-24)18-19-30(33,34)35/h8-9,12-13,16-22,25H,2-7,10-11,14-15H2,1H3. The normalized spacial score (nSPS) is 19.1. The topological polar surface area (TPSA) is 0 Å². The van der Waals surface area contributed by atoms with E-state index in [1.165, 1.54) is 69.8 Å². The highest BCUT2D eigenvalue weighted by atomic mass is 19.4. The van der Waals surface area contributed by atoms with Gasteiger partial charge in [-0.3, -0.25) is 0 Å². The lowest BCUT2D eigenvalue weighted by atomic mass is 9.77. The molecule has 1 aliphatic carbocycles. The van der Waals surface area contributed by atoms with Gasteiger partial charge in [0.15, 0.2) is 0 Å². The first kappa shape index (κ1) is 27.2. The fraction of sp³-hybridized carbons (Fsp3) is 0.467. The lowest BCUT2D eigenvalue weighted by Gasteiger charge is -2.29. The van der Waals surface area contributed by atoms with Gasteiger partial charge in [-0.1, -0.05) is 81.9 Å². The molecule has 0 aliphatic heterocycles. The summed E-state index contributed by atoms with van der Waals surface area (Å²) in [5.74, 6) is -0.606. The number of benzene rings is 2. The molecule has 5 heteroatoms. The minimum Gasteiger partial charge on any atom is -0.206 e. The summed E-state index contributed by atoms with van der Waals surface area (Å²) in [4.78, 5) is 0. The summed E-state index contributed by atoms with van der Waals surface area (Å²) < 4.78 is 65.1. The number of alkyl halides is 3. The maximum absolute atomic E-state index is 14.1. The van der Waals surface area contributed by atoms with E-state index >= 15 is 0 Å². The van der Waals surface area contributed by atoms with Crippen LogP contribution in [0.3, 0.4) is 0 Å². The third-order valence-corrected chi connectivity index (χ3v) is 6.98. The van der Waals surface area contributed by atoms with Crippen LogP contribution in [-0.4, -0.2) is 6.18 Å². The van der Waals surface area contributed by atoms with Gasteiger partial charge in [0.1, 0.15) is 11.6 Å². The molecule has 3 rings (SSSR count). The number of allylic oxidation sites excluding steroid dienone is 1. The van der Waals surface area contributed by atoms with Gasteiger partial charge in [-0.25, -0.2) is 8.78 Å². The number of unbranched alkanes of at least 4 members (excludes halogenated alkanes) is 4. The molecule has 35 heavy (non-hydrogen) atoms. The largest absolute Gasteiger partial charge is 0.409 e. The van der Waals surface area contributed by atoms with E-state index in [0.29, 0.717) is 12.0 Å². The molecule has 190 valence electrons. The molecule has 2 aromatic carbocycles. The predicted molar refractivity (Wildman–Crippen MR) is 135 cm³/mol. The summed E-state index contributed by atoms with van der Waals surface area (Å²) in [6.45, 7) is 2.25. The van der Waals surface area contributed by atoms with E-state index in [4.69, 9.17) is 0 Å². The van der Waals surface area contributed by atoms with Crippen LogP contribution in [0.15, 0.2) is 42.5 Å². The van der Waals surface area contributed by atoms with Crippen molar-refractivity contribution in [2.24, 2.45) is 5.92 Å². The van der Waals surface area contributed by atoms with Crippen molar-refractivity contribution < 1.29 is 22.0 Å². The first-order valence-corrected chi connectivity index (χ1v) is 12.8. The van der Waals surface area contributed by atoms with Gasteiger partial charge in [0.25, 0.3) is 0 Å². The summed E-state index contributed by atoms with van der Waals surface area (Å²) in [6.07, 6.45) is 12.0. The van der Waals surface area contributed by atoms with Crippen LogP contribution in [0.4, 0.5) is 22.0 Å². The van der Waals surface area contributed by atoms with Gasteiger partial charge in [0.05, 0.1) is 0 Å². The molecule has 0 amide bonds. The first-order chi connectivity index (χ1) is 16.7. The van der Waals surface area contributed by atoms with E-state index in [2.05, 4.69) is 19.1 Å². The van der Waals surface area contributed by atoms with E-state index in [1.54, 1.807) is 12.2 Å². The van der Waals surface area contributed by atoms with Crippen LogP contribution < -0.4 is 0 Å². The first-order valence-electron chi connectivity index (χ1n) is 12.8. The van der Waals surface area contributed by atoms with Gasteiger partial charge in [0.2, 0.25) is 0 Å². The molecule has 0 nitrogen and oxygen atoms in total.